The molecule has 16 nitrogen and oxygen atoms in total. The molecule has 6 aromatic rings. The smallest absolute Gasteiger partial charge is 0.367 e. The van der Waals surface area contributed by atoms with Gasteiger partial charge in [0.25, 0.3) is 0 Å². The SMILES string of the molecule is C=C(C)C(=O)OCC(C)(C)C.C=C(C)C(=O)OCCCC(C)(C)C.C=C(C)C(=O)SC(C)(C1=CC=CC1)c1ccccc1.C=C(F)C(=O)OC(C)(C)CCC(C)CC.C=CC(=O)NC(C)(C)c1cccnc1.C=CC(=O)OC(c1ccccc1)(c1ccccc1)c1ccccc1.C=CC(=O)OCCC(C)(C)C.C=CC(=O)Oc1c(C(C)(C)C)cc(C(C)(C)C)cc1C(C)(C)C. The number of carbonyl (C=O) groups excluding carboxylic acids is 8. The molecule has 1 heterocycles. The molecular weight excluding hydrogens is 1650 g/mol. The number of nitrogens with zero attached hydrogens (tertiary/aromatic N) is 1. The first-order chi connectivity index (χ1) is 59.9. The monoisotopic (exact) mass is 1800 g/mol. The van der Waals surface area contributed by atoms with Crippen LogP contribution in [0.2, 0.25) is 0 Å². The lowest BCUT2D eigenvalue weighted by Gasteiger charge is -2.34. The fourth-order valence-electron chi connectivity index (χ4n) is 11.6. The lowest BCUT2D eigenvalue weighted by Crippen LogP contribution is -2.40. The summed E-state index contributed by atoms with van der Waals surface area (Å²) in [7, 11) is 0. The van der Waals surface area contributed by atoms with Crippen molar-refractivity contribution < 1.29 is 71.2 Å². The Labute approximate surface area is 785 Å². The number of thioether (sulfide) groups is 1. The van der Waals surface area contributed by atoms with Gasteiger partial charge in [0.15, 0.2) is 5.60 Å². The number of carbonyl (C=O) groups is 8. The number of hydrogen-bond acceptors (Lipinski definition) is 16. The minimum absolute atomic E-state index is 0.0287. The summed E-state index contributed by atoms with van der Waals surface area (Å²) in [5.41, 5.74) is 9.24. The highest BCUT2D eigenvalue weighted by atomic mass is 32.2. The van der Waals surface area contributed by atoms with E-state index in [-0.39, 0.29) is 60.8 Å². The lowest BCUT2D eigenvalue weighted by atomic mass is 9.74. The molecule has 130 heavy (non-hydrogen) atoms. The number of benzene rings is 5. The summed E-state index contributed by atoms with van der Waals surface area (Å²) in [4.78, 5) is 94.7. The summed E-state index contributed by atoms with van der Waals surface area (Å²) in [5.74, 6) is -2.70. The first-order valence-corrected chi connectivity index (χ1v) is 45.0. The second-order valence-corrected chi connectivity index (χ2v) is 41.3. The Morgan fingerprint density at radius 2 is 0.923 bits per heavy atom. The average Bonchev–Trinajstić information content (AvgIpc) is 0.758. The molecule has 1 aromatic heterocycles. The molecule has 2 unspecified atom stereocenters. The molecule has 0 bridgehead atoms. The molecule has 5 aromatic carbocycles. The Bertz CT molecular complexity index is 4590. The van der Waals surface area contributed by atoms with Crippen molar-refractivity contribution in [2.45, 2.75) is 277 Å². The Hall–Kier alpha value is -11.1. The zero-order valence-electron chi connectivity index (χ0n) is 83.8. The van der Waals surface area contributed by atoms with Gasteiger partial charge >= 0.3 is 35.8 Å². The number of ether oxygens (including phenoxy) is 6. The van der Waals surface area contributed by atoms with Crippen molar-refractivity contribution in [2.24, 2.45) is 22.2 Å². The van der Waals surface area contributed by atoms with Gasteiger partial charge in [-0.25, -0.2) is 28.8 Å². The summed E-state index contributed by atoms with van der Waals surface area (Å²) in [6, 6.07) is 47.6. The largest absolute Gasteiger partial charge is 0.463 e. The maximum Gasteiger partial charge on any atom is 0.367 e. The second kappa shape index (κ2) is 55.8. The molecule has 0 saturated heterocycles. The molecule has 1 amide bonds. The third-order valence-electron chi connectivity index (χ3n) is 19.7. The fraction of sp³-hybridized carbons (Fsp3) is 0.438. The van der Waals surface area contributed by atoms with E-state index in [0.29, 0.717) is 53.6 Å². The van der Waals surface area contributed by atoms with Crippen LogP contribution < -0.4 is 10.1 Å². The first kappa shape index (κ1) is 119. The van der Waals surface area contributed by atoms with Crippen LogP contribution in [0.25, 0.3) is 0 Å². The van der Waals surface area contributed by atoms with Gasteiger partial charge in [0.05, 0.1) is 30.1 Å². The molecule has 0 saturated carbocycles. The van der Waals surface area contributed by atoms with E-state index in [1.54, 1.807) is 47.0 Å². The Kier molecular flexibility index (Phi) is 51.0. The summed E-state index contributed by atoms with van der Waals surface area (Å²) in [5, 5.41) is 2.88. The van der Waals surface area contributed by atoms with E-state index in [1.807, 2.05) is 156 Å². The van der Waals surface area contributed by atoms with Gasteiger partial charge in [-0.1, -0.05) is 367 Å². The van der Waals surface area contributed by atoms with E-state index >= 15 is 0 Å². The molecule has 18 heteroatoms. The summed E-state index contributed by atoms with van der Waals surface area (Å²) < 4.78 is 43.5. The minimum Gasteiger partial charge on any atom is -0.463 e. The van der Waals surface area contributed by atoms with Crippen LogP contribution in [-0.2, 0) is 94.2 Å². The molecule has 1 N–H and O–H groups in total. The second-order valence-electron chi connectivity index (χ2n) is 39.9. The van der Waals surface area contributed by atoms with Crippen LogP contribution in [0.1, 0.15) is 283 Å². The number of esters is 6. The van der Waals surface area contributed by atoms with Crippen LogP contribution in [0.5, 0.6) is 5.75 Å². The van der Waals surface area contributed by atoms with Gasteiger partial charge < -0.3 is 33.7 Å². The molecule has 0 radical (unpaired) electrons. The van der Waals surface area contributed by atoms with Crippen LogP contribution in [0.4, 0.5) is 4.39 Å². The van der Waals surface area contributed by atoms with Crippen LogP contribution >= 0.6 is 11.8 Å². The van der Waals surface area contributed by atoms with Gasteiger partial charge in [-0.3, -0.25) is 14.6 Å². The van der Waals surface area contributed by atoms with Crippen molar-refractivity contribution in [1.29, 1.82) is 0 Å². The lowest BCUT2D eigenvalue weighted by molar-refractivity contribution is -0.154. The number of aromatic nitrogens is 1. The number of pyridine rings is 1. The third-order valence-corrected chi connectivity index (χ3v) is 21.1. The predicted molar refractivity (Wildman–Crippen MR) is 537 cm³/mol. The predicted octanol–water partition coefficient (Wildman–Crippen LogP) is 27.5. The van der Waals surface area contributed by atoms with Crippen LogP contribution in [0.3, 0.4) is 0 Å². The van der Waals surface area contributed by atoms with Crippen molar-refractivity contribution in [3.8, 4) is 5.75 Å². The maximum absolute atomic E-state index is 12.4. The minimum atomic E-state index is -1.04. The van der Waals surface area contributed by atoms with Crippen LogP contribution in [0, 0.1) is 22.2 Å². The first-order valence-electron chi connectivity index (χ1n) is 44.2. The van der Waals surface area contributed by atoms with Crippen molar-refractivity contribution >= 4 is 58.6 Å². The molecule has 0 spiro atoms. The highest BCUT2D eigenvalue weighted by Crippen LogP contribution is 2.48. The van der Waals surface area contributed by atoms with E-state index in [1.165, 1.54) is 47.2 Å². The van der Waals surface area contributed by atoms with E-state index in [4.69, 9.17) is 28.4 Å². The quantitative estimate of drug-likeness (QED) is 0.0115. The number of hydrogen-bond donors (Lipinski definition) is 1. The topological polar surface area (TPSA) is 217 Å². The zero-order valence-corrected chi connectivity index (χ0v) is 84.6. The van der Waals surface area contributed by atoms with Gasteiger partial charge in [0, 0.05) is 69.6 Å². The van der Waals surface area contributed by atoms with Gasteiger partial charge in [-0.2, -0.15) is 4.39 Å². The Morgan fingerprint density at radius 1 is 0.485 bits per heavy atom. The highest BCUT2D eigenvalue weighted by Gasteiger charge is 2.41. The number of halogens is 1. The number of allylic oxidation sites excluding steroid dienone is 3. The fourth-order valence-corrected chi connectivity index (χ4v) is 12.7. The van der Waals surface area contributed by atoms with Crippen molar-refractivity contribution in [3.63, 3.8) is 0 Å². The summed E-state index contributed by atoms with van der Waals surface area (Å²) in [6.45, 7) is 86.1. The Morgan fingerprint density at radius 3 is 1.28 bits per heavy atom. The van der Waals surface area contributed by atoms with Crippen molar-refractivity contribution in [3.05, 3.63) is 326 Å². The van der Waals surface area contributed by atoms with Gasteiger partial charge in [0.1, 0.15) is 11.4 Å². The highest BCUT2D eigenvalue weighted by molar-refractivity contribution is 8.15. The summed E-state index contributed by atoms with van der Waals surface area (Å²) in [6.07, 6.45) is 21.2. The molecule has 0 aliphatic heterocycles. The van der Waals surface area contributed by atoms with Gasteiger partial charge in [-0.15, -0.1) is 0 Å². The molecule has 710 valence electrons. The van der Waals surface area contributed by atoms with E-state index in [0.717, 1.165) is 83.9 Å². The number of amides is 1. The molecular formula is C112H155FN2O14S. The normalized spacial score (nSPS) is 12.4. The van der Waals surface area contributed by atoms with Crippen LogP contribution in [0.15, 0.2) is 281 Å². The van der Waals surface area contributed by atoms with Crippen molar-refractivity contribution in [1.82, 2.24) is 10.3 Å². The molecule has 0 fully saturated rings. The molecule has 7 rings (SSSR count). The van der Waals surface area contributed by atoms with Crippen LogP contribution in [-0.4, -0.2) is 77.2 Å². The summed E-state index contributed by atoms with van der Waals surface area (Å²) >= 11 is 1.36. The standard InChI is InChI=1S/C22H18O2.C21H32O2.C17H18OS.C12H21FO2.C11H14N2O.C11H20O2.2C9H16O2/c1-2-21(23)24-22(18-12-6-3-7-13-18,19-14-8-4-9-15-19)20-16-10-5-11-17-20;1-11-17(22)23-18-15(20(5,6)7)12-14(19(2,3)4)13-16(18)21(8,9)10;1-13(2)16(18)19-17(3,15-11-7-8-12-15)14-9-5-4-6-10-14;1-6-9(2)7-8-12(4,5)15-11(14)10(3)13;1-4-10(14)13-11(2,3)9-6-5-7-12-8-9;1-9(2)10(12)13-8-6-7-11(3,4)5;1-7(2)8(10)11-6-9(3,4)5;1-5-8(10)11-7-6-9(2,3)4/h2-17H,1H2;11-13H,1H2,2-10H3;4-11H,1,12H2,2-3H3;9H,3,6-8H2,1-2,4-5H3;4-8H,1H2,2-3H3,(H,13,14);1,6-8H2,2-5H3;1,6H2,2-5H3;5H,1,6-7H2,2-4H3. The van der Waals surface area contributed by atoms with Crippen molar-refractivity contribution in [2.75, 3.05) is 19.8 Å². The third kappa shape index (κ3) is 46.9. The average molecular weight is 1800 g/mol. The number of rotatable bonds is 29. The van der Waals surface area contributed by atoms with E-state index < -0.39 is 40.5 Å². The molecule has 2 atom stereocenters. The molecule has 1 aliphatic carbocycles. The zero-order chi connectivity index (χ0) is 100. The van der Waals surface area contributed by atoms with Gasteiger partial charge in [0.2, 0.25) is 16.8 Å². The van der Waals surface area contributed by atoms with Gasteiger partial charge in [-0.05, 0) is 172 Å². The Balaban J connectivity index is 0.00000149. The van der Waals surface area contributed by atoms with E-state index in [9.17, 15) is 42.7 Å². The molecule has 1 aliphatic rings. The van der Waals surface area contributed by atoms with E-state index in [2.05, 4.69) is 230 Å². The number of nitrogens with one attached hydrogen (secondary N) is 1. The maximum atomic E-state index is 12.4.